The highest BCUT2D eigenvalue weighted by Crippen LogP contribution is 2.10. The van der Waals surface area contributed by atoms with Crippen LogP contribution in [0.5, 0.6) is 0 Å². The maximum absolute atomic E-state index is 11.8. The number of nitrogens with one attached hydrogen (secondary N) is 1. The minimum Gasteiger partial charge on any atom is -0.355 e. The van der Waals surface area contributed by atoms with Gasteiger partial charge in [0.2, 0.25) is 11.8 Å². The predicted molar refractivity (Wildman–Crippen MR) is 78.6 cm³/mol. The van der Waals surface area contributed by atoms with E-state index in [1.54, 1.807) is 12.1 Å². The summed E-state index contributed by atoms with van der Waals surface area (Å²) in [6, 6.07) is 7.19. The van der Waals surface area contributed by atoms with Crippen LogP contribution in [-0.4, -0.2) is 36.3 Å². The Labute approximate surface area is 124 Å². The summed E-state index contributed by atoms with van der Waals surface area (Å²) in [5, 5.41) is 3.44. The molecule has 4 nitrogen and oxygen atoms in total. The summed E-state index contributed by atoms with van der Waals surface area (Å²) >= 11 is 5.79. The number of nitrogens with zero attached hydrogens (tertiary/aromatic N) is 1. The van der Waals surface area contributed by atoms with Gasteiger partial charge in [0.05, 0.1) is 6.42 Å². The molecule has 1 aromatic carbocycles. The molecule has 0 unspecified atom stereocenters. The molecule has 0 bridgehead atoms. The molecule has 5 heteroatoms. The number of carbonyl (C=O) groups is 2. The molecule has 108 valence electrons. The molecule has 0 radical (unpaired) electrons. The van der Waals surface area contributed by atoms with E-state index in [1.165, 1.54) is 0 Å². The molecule has 0 aromatic heterocycles. The molecule has 2 amide bonds. The Kier molecular flexibility index (Phi) is 5.41. The van der Waals surface area contributed by atoms with Crippen LogP contribution in [0.25, 0.3) is 0 Å². The van der Waals surface area contributed by atoms with E-state index in [2.05, 4.69) is 5.32 Å². The summed E-state index contributed by atoms with van der Waals surface area (Å²) in [5.74, 6) is 0.0656. The van der Waals surface area contributed by atoms with E-state index in [0.29, 0.717) is 24.4 Å². The largest absolute Gasteiger partial charge is 0.355 e. The van der Waals surface area contributed by atoms with Crippen molar-refractivity contribution in [1.29, 1.82) is 0 Å². The summed E-state index contributed by atoms with van der Waals surface area (Å²) in [4.78, 5) is 25.4. The van der Waals surface area contributed by atoms with Crippen LogP contribution < -0.4 is 5.32 Å². The second-order valence-electron chi connectivity index (χ2n) is 4.99. The molecule has 1 aliphatic rings. The average molecular weight is 295 g/mol. The van der Waals surface area contributed by atoms with Crippen LogP contribution in [0.1, 0.15) is 24.8 Å². The number of likely N-dealkylation sites (tertiary alicyclic amines) is 1. The van der Waals surface area contributed by atoms with Gasteiger partial charge in [-0.2, -0.15) is 0 Å². The van der Waals surface area contributed by atoms with Gasteiger partial charge >= 0.3 is 0 Å². The standard InChI is InChI=1S/C15H19ClN2O2/c16-13-5-3-12(4-6-13)11-14(19)17-8-7-15(20)18-9-1-2-10-18/h3-6H,1-2,7-11H2,(H,17,19). The number of hydrogen-bond acceptors (Lipinski definition) is 2. The fraction of sp³-hybridized carbons (Fsp3) is 0.467. The number of halogens is 1. The van der Waals surface area contributed by atoms with E-state index >= 15 is 0 Å². The van der Waals surface area contributed by atoms with Crippen molar-refractivity contribution >= 4 is 23.4 Å². The number of carbonyl (C=O) groups excluding carboxylic acids is 2. The maximum atomic E-state index is 11.8. The first-order valence-electron chi connectivity index (χ1n) is 6.94. The lowest BCUT2D eigenvalue weighted by Crippen LogP contribution is -2.33. The Morgan fingerprint density at radius 2 is 1.80 bits per heavy atom. The van der Waals surface area contributed by atoms with Crippen LogP contribution in [0, 0.1) is 0 Å². The Hall–Kier alpha value is -1.55. The lowest BCUT2D eigenvalue weighted by Gasteiger charge is -2.15. The number of benzene rings is 1. The van der Waals surface area contributed by atoms with Crippen molar-refractivity contribution in [2.24, 2.45) is 0 Å². The van der Waals surface area contributed by atoms with Crippen molar-refractivity contribution in [3.05, 3.63) is 34.9 Å². The molecule has 2 rings (SSSR count). The van der Waals surface area contributed by atoms with E-state index in [1.807, 2.05) is 17.0 Å². The highest BCUT2D eigenvalue weighted by molar-refractivity contribution is 6.30. The molecule has 1 fully saturated rings. The van der Waals surface area contributed by atoms with Crippen LogP contribution in [-0.2, 0) is 16.0 Å². The summed E-state index contributed by atoms with van der Waals surface area (Å²) < 4.78 is 0. The number of hydrogen-bond donors (Lipinski definition) is 1. The van der Waals surface area contributed by atoms with Crippen LogP contribution in [0.2, 0.25) is 5.02 Å². The second-order valence-corrected chi connectivity index (χ2v) is 5.43. The molecular weight excluding hydrogens is 276 g/mol. The third-order valence-electron chi connectivity index (χ3n) is 3.40. The summed E-state index contributed by atoms with van der Waals surface area (Å²) in [5.41, 5.74) is 0.915. The smallest absolute Gasteiger partial charge is 0.224 e. The highest BCUT2D eigenvalue weighted by Gasteiger charge is 2.17. The van der Waals surface area contributed by atoms with Crippen molar-refractivity contribution in [3.63, 3.8) is 0 Å². The van der Waals surface area contributed by atoms with Gasteiger partial charge in [-0.15, -0.1) is 0 Å². The molecule has 1 aliphatic heterocycles. The molecule has 0 atom stereocenters. The third kappa shape index (κ3) is 4.53. The quantitative estimate of drug-likeness (QED) is 0.903. The first-order valence-corrected chi connectivity index (χ1v) is 7.32. The van der Waals surface area contributed by atoms with Crippen LogP contribution in [0.15, 0.2) is 24.3 Å². The van der Waals surface area contributed by atoms with Gasteiger partial charge in [-0.1, -0.05) is 23.7 Å². The third-order valence-corrected chi connectivity index (χ3v) is 3.65. The lowest BCUT2D eigenvalue weighted by atomic mass is 10.1. The zero-order valence-corrected chi connectivity index (χ0v) is 12.2. The van der Waals surface area contributed by atoms with E-state index in [9.17, 15) is 9.59 Å². The predicted octanol–water partition coefficient (Wildman–Crippen LogP) is 2.01. The van der Waals surface area contributed by atoms with Crippen molar-refractivity contribution in [2.75, 3.05) is 19.6 Å². The fourth-order valence-electron chi connectivity index (χ4n) is 2.28. The summed E-state index contributed by atoms with van der Waals surface area (Å²) in [6.07, 6.45) is 2.88. The fourth-order valence-corrected chi connectivity index (χ4v) is 2.41. The molecule has 1 saturated heterocycles. The zero-order valence-electron chi connectivity index (χ0n) is 11.4. The van der Waals surface area contributed by atoms with E-state index in [-0.39, 0.29) is 11.8 Å². The normalized spacial score (nSPS) is 14.3. The monoisotopic (exact) mass is 294 g/mol. The average Bonchev–Trinajstić information content (AvgIpc) is 2.95. The van der Waals surface area contributed by atoms with Crippen molar-refractivity contribution in [1.82, 2.24) is 10.2 Å². The van der Waals surface area contributed by atoms with Gasteiger partial charge in [-0.25, -0.2) is 0 Å². The van der Waals surface area contributed by atoms with E-state index in [0.717, 1.165) is 31.5 Å². The zero-order chi connectivity index (χ0) is 14.4. The van der Waals surface area contributed by atoms with Gasteiger partial charge in [0.1, 0.15) is 0 Å². The SMILES string of the molecule is O=C(Cc1ccc(Cl)cc1)NCCC(=O)N1CCCC1. The Morgan fingerprint density at radius 3 is 2.45 bits per heavy atom. The molecule has 20 heavy (non-hydrogen) atoms. The van der Waals surface area contributed by atoms with Crippen LogP contribution in [0.3, 0.4) is 0 Å². The molecule has 1 N–H and O–H groups in total. The maximum Gasteiger partial charge on any atom is 0.224 e. The molecular formula is C15H19ClN2O2. The Balaban J connectivity index is 1.67. The van der Waals surface area contributed by atoms with Crippen molar-refractivity contribution in [2.45, 2.75) is 25.7 Å². The molecule has 0 saturated carbocycles. The lowest BCUT2D eigenvalue weighted by molar-refractivity contribution is -0.130. The van der Waals surface area contributed by atoms with Gasteiger partial charge in [0, 0.05) is 31.1 Å². The minimum absolute atomic E-state index is 0.0680. The first kappa shape index (κ1) is 14.9. The number of rotatable bonds is 5. The van der Waals surface area contributed by atoms with Crippen LogP contribution in [0.4, 0.5) is 0 Å². The Morgan fingerprint density at radius 1 is 1.15 bits per heavy atom. The highest BCUT2D eigenvalue weighted by atomic mass is 35.5. The summed E-state index contributed by atoms with van der Waals surface area (Å²) in [7, 11) is 0. The number of amides is 2. The first-order chi connectivity index (χ1) is 9.65. The molecule has 1 aromatic rings. The van der Waals surface area contributed by atoms with Crippen LogP contribution >= 0.6 is 11.6 Å². The van der Waals surface area contributed by atoms with Gasteiger partial charge in [-0.3, -0.25) is 9.59 Å². The van der Waals surface area contributed by atoms with Crippen molar-refractivity contribution in [3.8, 4) is 0 Å². The molecule has 0 aliphatic carbocycles. The second kappa shape index (κ2) is 7.29. The van der Waals surface area contributed by atoms with Gasteiger partial charge in [0.25, 0.3) is 0 Å². The van der Waals surface area contributed by atoms with Gasteiger partial charge in [0.15, 0.2) is 0 Å². The summed E-state index contributed by atoms with van der Waals surface area (Å²) in [6.45, 7) is 2.12. The van der Waals surface area contributed by atoms with Gasteiger partial charge in [-0.05, 0) is 30.5 Å². The van der Waals surface area contributed by atoms with Gasteiger partial charge < -0.3 is 10.2 Å². The topological polar surface area (TPSA) is 49.4 Å². The van der Waals surface area contributed by atoms with Crippen molar-refractivity contribution < 1.29 is 9.59 Å². The Bertz CT molecular complexity index is 467. The molecule has 1 heterocycles. The van der Waals surface area contributed by atoms with E-state index in [4.69, 9.17) is 11.6 Å². The molecule has 0 spiro atoms. The van der Waals surface area contributed by atoms with E-state index < -0.39 is 0 Å². The minimum atomic E-state index is -0.0680.